The Morgan fingerprint density at radius 3 is 3.00 bits per heavy atom. The summed E-state index contributed by atoms with van der Waals surface area (Å²) < 4.78 is 1.76. The van der Waals surface area contributed by atoms with E-state index in [1.54, 1.807) is 22.0 Å². The van der Waals surface area contributed by atoms with E-state index in [1.165, 1.54) is 0 Å². The van der Waals surface area contributed by atoms with Crippen molar-refractivity contribution in [1.82, 2.24) is 14.5 Å². The second kappa shape index (κ2) is 3.33. The minimum atomic E-state index is 0.110. The monoisotopic (exact) mass is 262 g/mol. The highest BCUT2D eigenvalue weighted by molar-refractivity contribution is 7.15. The number of carbonyl (C=O) groups excluding carboxylic acids is 1. The molecule has 2 fully saturated rings. The third-order valence-electron chi connectivity index (χ3n) is 4.09. The molecule has 2 aromatic rings. The number of likely N-dealkylation sites (tertiary alicyclic amines) is 1. The first-order valence-corrected chi connectivity index (χ1v) is 7.01. The zero-order valence-electron chi connectivity index (χ0n) is 9.87. The molecular formula is C12H14N4OS. The number of nitrogens with zero attached hydrogens (tertiary/aromatic N) is 3. The molecule has 94 valence electrons. The summed E-state index contributed by atoms with van der Waals surface area (Å²) in [5.74, 6) is 0.110. The molecule has 0 aromatic carbocycles. The van der Waals surface area contributed by atoms with Crippen LogP contribution in [0.3, 0.4) is 0 Å². The third-order valence-corrected chi connectivity index (χ3v) is 4.98. The van der Waals surface area contributed by atoms with Gasteiger partial charge in [-0.2, -0.15) is 5.10 Å². The minimum absolute atomic E-state index is 0.110. The Hall–Kier alpha value is -1.40. The molecule has 1 aliphatic heterocycles. The Morgan fingerprint density at radius 1 is 1.50 bits per heavy atom. The molecular weight excluding hydrogens is 248 g/mol. The number of fused-ring (bicyclic) bond motifs is 1. The normalized spacial score (nSPS) is 22.2. The van der Waals surface area contributed by atoms with Gasteiger partial charge in [-0.3, -0.25) is 4.79 Å². The summed E-state index contributed by atoms with van der Waals surface area (Å²) in [4.78, 5) is 15.2. The fourth-order valence-electron chi connectivity index (χ4n) is 3.26. The molecule has 4 rings (SSSR count). The highest BCUT2D eigenvalue weighted by Crippen LogP contribution is 2.47. The van der Waals surface area contributed by atoms with Crippen molar-refractivity contribution in [2.75, 3.05) is 13.1 Å². The first-order valence-electron chi connectivity index (χ1n) is 6.13. The maximum absolute atomic E-state index is 12.4. The van der Waals surface area contributed by atoms with Gasteiger partial charge in [0.05, 0.1) is 11.8 Å². The van der Waals surface area contributed by atoms with Crippen molar-refractivity contribution in [1.29, 1.82) is 0 Å². The summed E-state index contributed by atoms with van der Waals surface area (Å²) in [6, 6.07) is 0.349. The summed E-state index contributed by atoms with van der Waals surface area (Å²) >= 11 is 1.55. The van der Waals surface area contributed by atoms with Crippen molar-refractivity contribution in [3.05, 3.63) is 23.3 Å². The molecule has 5 nitrogen and oxygen atoms in total. The fourth-order valence-corrected chi connectivity index (χ4v) is 4.05. The van der Waals surface area contributed by atoms with E-state index in [2.05, 4.69) is 5.10 Å². The molecule has 1 saturated heterocycles. The second-order valence-corrected chi connectivity index (χ2v) is 6.44. The summed E-state index contributed by atoms with van der Waals surface area (Å²) in [6.07, 6.45) is 5.68. The van der Waals surface area contributed by atoms with Gasteiger partial charge in [-0.15, -0.1) is 11.3 Å². The molecule has 0 atom stereocenters. The quantitative estimate of drug-likeness (QED) is 0.832. The van der Waals surface area contributed by atoms with Gasteiger partial charge < -0.3 is 10.6 Å². The molecule has 6 heteroatoms. The van der Waals surface area contributed by atoms with E-state index in [1.807, 2.05) is 16.5 Å². The Kier molecular flexibility index (Phi) is 1.95. The lowest BCUT2D eigenvalue weighted by Crippen LogP contribution is -2.66. The maximum Gasteiger partial charge on any atom is 0.258 e. The molecule has 1 aliphatic carbocycles. The van der Waals surface area contributed by atoms with Gasteiger partial charge in [-0.25, -0.2) is 4.52 Å². The molecule has 0 unspecified atom stereocenters. The van der Waals surface area contributed by atoms with E-state index in [0.29, 0.717) is 11.5 Å². The Labute approximate surface area is 108 Å². The van der Waals surface area contributed by atoms with E-state index >= 15 is 0 Å². The lowest BCUT2D eigenvalue weighted by molar-refractivity contribution is -0.0531. The molecule has 1 amide bonds. The zero-order valence-corrected chi connectivity index (χ0v) is 10.7. The molecule has 2 aliphatic rings. The van der Waals surface area contributed by atoms with Crippen LogP contribution in [0.2, 0.25) is 0 Å². The summed E-state index contributed by atoms with van der Waals surface area (Å²) in [6.45, 7) is 1.73. The molecule has 3 heterocycles. The highest BCUT2D eigenvalue weighted by Gasteiger charge is 2.52. The maximum atomic E-state index is 12.4. The fraction of sp³-hybridized carbons (Fsp3) is 0.500. The molecule has 18 heavy (non-hydrogen) atoms. The van der Waals surface area contributed by atoms with Crippen LogP contribution in [0.25, 0.3) is 4.83 Å². The topological polar surface area (TPSA) is 63.6 Å². The standard InChI is InChI=1S/C12H14N4OS/c13-8-3-12(4-8)6-15(7-12)10(17)9-5-14-16-1-2-18-11(9)16/h1-2,5,8H,3-4,6-7,13H2. The smallest absolute Gasteiger partial charge is 0.258 e. The molecule has 0 bridgehead atoms. The van der Waals surface area contributed by atoms with Crippen LogP contribution in [0.1, 0.15) is 23.2 Å². The lowest BCUT2D eigenvalue weighted by Gasteiger charge is -2.58. The van der Waals surface area contributed by atoms with Crippen LogP contribution in [-0.2, 0) is 0 Å². The lowest BCUT2D eigenvalue weighted by atomic mass is 9.61. The van der Waals surface area contributed by atoms with Crippen molar-refractivity contribution in [2.24, 2.45) is 11.1 Å². The number of rotatable bonds is 1. The van der Waals surface area contributed by atoms with E-state index in [9.17, 15) is 4.79 Å². The van der Waals surface area contributed by atoms with Gasteiger partial charge in [0.1, 0.15) is 4.83 Å². The Balaban J connectivity index is 1.54. The van der Waals surface area contributed by atoms with Crippen LogP contribution >= 0.6 is 11.3 Å². The van der Waals surface area contributed by atoms with Crippen LogP contribution in [0.5, 0.6) is 0 Å². The van der Waals surface area contributed by atoms with Crippen molar-refractivity contribution in [3.63, 3.8) is 0 Å². The van der Waals surface area contributed by atoms with Gasteiger partial charge in [-0.1, -0.05) is 0 Å². The van der Waals surface area contributed by atoms with Gasteiger partial charge in [0.25, 0.3) is 5.91 Å². The number of carbonyl (C=O) groups is 1. The number of hydrogen-bond donors (Lipinski definition) is 1. The Morgan fingerprint density at radius 2 is 2.28 bits per heavy atom. The van der Waals surface area contributed by atoms with E-state index in [-0.39, 0.29) is 5.91 Å². The molecule has 1 saturated carbocycles. The average Bonchev–Trinajstić information content (AvgIpc) is 2.81. The van der Waals surface area contributed by atoms with Gasteiger partial charge in [0, 0.05) is 36.1 Å². The summed E-state index contributed by atoms with van der Waals surface area (Å²) in [7, 11) is 0. The predicted molar refractivity (Wildman–Crippen MR) is 68.6 cm³/mol. The predicted octanol–water partition coefficient (Wildman–Crippen LogP) is 0.959. The minimum Gasteiger partial charge on any atom is -0.337 e. The number of thiazole rings is 1. The largest absolute Gasteiger partial charge is 0.337 e. The van der Waals surface area contributed by atoms with Crippen LogP contribution in [0, 0.1) is 5.41 Å². The second-order valence-electron chi connectivity index (χ2n) is 5.54. The number of aromatic nitrogens is 2. The summed E-state index contributed by atoms with van der Waals surface area (Å²) in [5.41, 5.74) is 6.89. The highest BCUT2D eigenvalue weighted by atomic mass is 32.1. The van der Waals surface area contributed by atoms with E-state index < -0.39 is 0 Å². The van der Waals surface area contributed by atoms with Crippen LogP contribution in [0.4, 0.5) is 0 Å². The summed E-state index contributed by atoms with van der Waals surface area (Å²) in [5, 5.41) is 6.13. The van der Waals surface area contributed by atoms with Gasteiger partial charge >= 0.3 is 0 Å². The van der Waals surface area contributed by atoms with Gasteiger partial charge in [0.2, 0.25) is 0 Å². The molecule has 1 spiro atoms. The van der Waals surface area contributed by atoms with Gasteiger partial charge in [0.15, 0.2) is 0 Å². The Bertz CT molecular complexity index is 617. The van der Waals surface area contributed by atoms with E-state index in [0.717, 1.165) is 36.3 Å². The van der Waals surface area contributed by atoms with Crippen molar-refractivity contribution >= 4 is 22.1 Å². The zero-order chi connectivity index (χ0) is 12.3. The van der Waals surface area contributed by atoms with Crippen LogP contribution in [-0.4, -0.2) is 39.6 Å². The first-order chi connectivity index (χ1) is 8.67. The van der Waals surface area contributed by atoms with E-state index in [4.69, 9.17) is 5.73 Å². The molecule has 2 N–H and O–H groups in total. The van der Waals surface area contributed by atoms with Crippen molar-refractivity contribution < 1.29 is 4.79 Å². The van der Waals surface area contributed by atoms with Crippen molar-refractivity contribution in [2.45, 2.75) is 18.9 Å². The SMILES string of the molecule is NC1CC2(C1)CN(C(=O)c1cnn3ccsc13)C2. The molecule has 2 aromatic heterocycles. The number of hydrogen-bond acceptors (Lipinski definition) is 4. The molecule has 0 radical (unpaired) electrons. The average molecular weight is 262 g/mol. The van der Waals surface area contributed by atoms with Crippen molar-refractivity contribution in [3.8, 4) is 0 Å². The van der Waals surface area contributed by atoms with Gasteiger partial charge in [-0.05, 0) is 12.8 Å². The van der Waals surface area contributed by atoms with Crippen LogP contribution in [0.15, 0.2) is 17.8 Å². The third kappa shape index (κ3) is 1.30. The first kappa shape index (κ1) is 10.5. The van der Waals surface area contributed by atoms with Crippen LogP contribution < -0.4 is 5.73 Å². The number of amides is 1. The number of nitrogens with two attached hydrogens (primary N) is 1.